The van der Waals surface area contributed by atoms with Crippen molar-refractivity contribution in [3.63, 3.8) is 0 Å². The van der Waals surface area contributed by atoms with Gasteiger partial charge in [0.15, 0.2) is 17.3 Å². The number of imide groups is 1. The van der Waals surface area contributed by atoms with Crippen LogP contribution >= 0.6 is 11.8 Å². The lowest BCUT2D eigenvalue weighted by molar-refractivity contribution is -0.122. The third-order valence-electron chi connectivity index (χ3n) is 4.59. The van der Waals surface area contributed by atoms with E-state index >= 15 is 0 Å². The Morgan fingerprint density at radius 1 is 1.19 bits per heavy atom. The summed E-state index contributed by atoms with van der Waals surface area (Å²) in [6.07, 6.45) is 3.94. The number of ether oxygens (including phenoxy) is 2. The number of rotatable bonds is 9. The molecule has 0 saturated carbocycles. The molecule has 0 aromatic heterocycles. The van der Waals surface area contributed by atoms with Gasteiger partial charge in [0.05, 0.1) is 25.2 Å². The van der Waals surface area contributed by atoms with Crippen molar-refractivity contribution in [1.29, 1.82) is 0 Å². The molecule has 2 aromatic rings. The van der Waals surface area contributed by atoms with Crippen LogP contribution in [0.25, 0.3) is 6.08 Å². The molecular weight excluding hydrogens is 414 g/mol. The third kappa shape index (κ3) is 5.06. The van der Waals surface area contributed by atoms with Gasteiger partial charge in [-0.3, -0.25) is 19.3 Å². The molecule has 0 bridgehead atoms. The van der Waals surface area contributed by atoms with Gasteiger partial charge >= 0.3 is 0 Å². The lowest BCUT2D eigenvalue weighted by atomic mass is 10.0. The maximum atomic E-state index is 12.8. The van der Waals surface area contributed by atoms with Crippen LogP contribution in [0.4, 0.5) is 4.79 Å². The zero-order chi connectivity index (χ0) is 22.4. The fourth-order valence-electron chi connectivity index (χ4n) is 3.22. The molecule has 2 aromatic carbocycles. The van der Waals surface area contributed by atoms with E-state index in [0.29, 0.717) is 35.7 Å². The van der Waals surface area contributed by atoms with E-state index in [4.69, 9.17) is 9.47 Å². The van der Waals surface area contributed by atoms with E-state index in [1.54, 1.807) is 55.7 Å². The highest BCUT2D eigenvalue weighted by molar-refractivity contribution is 8.18. The fraction of sp³-hybridized carbons (Fsp3) is 0.208. The normalized spacial score (nSPS) is 14.8. The van der Waals surface area contributed by atoms with Crippen molar-refractivity contribution in [3.8, 4) is 11.5 Å². The highest BCUT2D eigenvalue weighted by Crippen LogP contribution is 2.37. The van der Waals surface area contributed by atoms with Gasteiger partial charge in [-0.2, -0.15) is 0 Å². The zero-order valence-electron chi connectivity index (χ0n) is 17.4. The van der Waals surface area contributed by atoms with Gasteiger partial charge in [-0.25, -0.2) is 0 Å². The van der Waals surface area contributed by atoms with E-state index in [1.165, 1.54) is 0 Å². The van der Waals surface area contributed by atoms with Crippen molar-refractivity contribution in [1.82, 2.24) is 4.90 Å². The number of hydrogen-bond donors (Lipinski definition) is 0. The number of ketones is 1. The summed E-state index contributed by atoms with van der Waals surface area (Å²) in [6.45, 7) is 5.80. The topological polar surface area (TPSA) is 72.9 Å². The van der Waals surface area contributed by atoms with Gasteiger partial charge in [0, 0.05) is 11.1 Å². The first-order valence-corrected chi connectivity index (χ1v) is 10.6. The summed E-state index contributed by atoms with van der Waals surface area (Å²) in [4.78, 5) is 38.9. The number of carbonyl (C=O) groups excluding carboxylic acids is 3. The largest absolute Gasteiger partial charge is 0.493 e. The molecule has 31 heavy (non-hydrogen) atoms. The molecule has 0 spiro atoms. The second-order valence-corrected chi connectivity index (χ2v) is 7.69. The number of nitrogens with zero attached hydrogens (tertiary/aromatic N) is 1. The number of Topliss-reactive ketones (excluding diaryl/α,β-unsaturated/α-hetero) is 1. The zero-order valence-corrected chi connectivity index (χ0v) is 18.2. The lowest BCUT2D eigenvalue weighted by Gasteiger charge is -2.14. The third-order valence-corrected chi connectivity index (χ3v) is 5.50. The van der Waals surface area contributed by atoms with E-state index in [2.05, 4.69) is 6.58 Å². The number of allylic oxidation sites excluding steroid dienone is 1. The average Bonchev–Trinajstić information content (AvgIpc) is 3.02. The van der Waals surface area contributed by atoms with Gasteiger partial charge in [0.2, 0.25) is 0 Å². The molecule has 1 saturated heterocycles. The summed E-state index contributed by atoms with van der Waals surface area (Å²) >= 11 is 0.816. The van der Waals surface area contributed by atoms with E-state index in [1.807, 2.05) is 13.0 Å². The van der Waals surface area contributed by atoms with Crippen LogP contribution in [0.15, 0.2) is 60.0 Å². The van der Waals surface area contributed by atoms with Crippen molar-refractivity contribution in [3.05, 3.63) is 76.7 Å². The lowest BCUT2D eigenvalue weighted by Crippen LogP contribution is -2.33. The summed E-state index contributed by atoms with van der Waals surface area (Å²) in [6, 6.07) is 12.2. The Balaban J connectivity index is 1.88. The number of amides is 2. The molecule has 0 N–H and O–H groups in total. The minimum absolute atomic E-state index is 0.253. The summed E-state index contributed by atoms with van der Waals surface area (Å²) < 4.78 is 11.2. The van der Waals surface area contributed by atoms with Gasteiger partial charge in [-0.15, -0.1) is 6.58 Å². The SMILES string of the molecule is C=CCc1cc(/C=C2/SC(=O)N(CC(=O)c3ccccc3)C2=O)cc(OCC)c1OC. The van der Waals surface area contributed by atoms with Crippen LogP contribution in [0.5, 0.6) is 11.5 Å². The van der Waals surface area contributed by atoms with Crippen LogP contribution in [-0.4, -0.2) is 42.1 Å². The minimum Gasteiger partial charge on any atom is -0.493 e. The van der Waals surface area contributed by atoms with Crippen LogP contribution in [0.3, 0.4) is 0 Å². The van der Waals surface area contributed by atoms with Gasteiger partial charge in [-0.05, 0) is 48.9 Å². The van der Waals surface area contributed by atoms with Crippen molar-refractivity contribution >= 4 is 34.8 Å². The van der Waals surface area contributed by atoms with E-state index in [-0.39, 0.29) is 17.2 Å². The molecule has 3 rings (SSSR count). The van der Waals surface area contributed by atoms with Crippen LogP contribution in [-0.2, 0) is 11.2 Å². The molecule has 0 aliphatic carbocycles. The van der Waals surface area contributed by atoms with Crippen molar-refractivity contribution in [2.45, 2.75) is 13.3 Å². The molecule has 1 aliphatic heterocycles. The van der Waals surface area contributed by atoms with Gasteiger partial charge < -0.3 is 9.47 Å². The number of benzene rings is 2. The Hall–Kier alpha value is -3.32. The first-order chi connectivity index (χ1) is 15.0. The molecule has 7 heteroatoms. The van der Waals surface area contributed by atoms with Gasteiger partial charge in [0.1, 0.15) is 0 Å². The molecule has 0 unspecified atom stereocenters. The summed E-state index contributed by atoms with van der Waals surface area (Å²) in [5.74, 6) is 0.383. The molecule has 1 aliphatic rings. The van der Waals surface area contributed by atoms with Crippen LogP contribution < -0.4 is 9.47 Å². The molecule has 1 fully saturated rings. The second kappa shape index (κ2) is 10.1. The Labute approximate surface area is 185 Å². The predicted octanol–water partition coefficient (Wildman–Crippen LogP) is 4.74. The summed E-state index contributed by atoms with van der Waals surface area (Å²) in [5, 5.41) is -0.467. The van der Waals surface area contributed by atoms with E-state index < -0.39 is 11.1 Å². The van der Waals surface area contributed by atoms with Gasteiger partial charge in [-0.1, -0.05) is 36.4 Å². The summed E-state index contributed by atoms with van der Waals surface area (Å²) in [5.41, 5.74) is 2.00. The Bertz CT molecular complexity index is 1050. The molecule has 0 atom stereocenters. The molecular formula is C24H23NO5S. The minimum atomic E-state index is -0.488. The standard InChI is InChI=1S/C24H23NO5S/c1-4-9-18-12-16(13-20(30-5-2)22(18)29-3)14-21-23(27)25(24(28)31-21)15-19(26)17-10-7-6-8-11-17/h4,6-8,10-14H,1,5,9,15H2,2-3H3/b21-14+. The first kappa shape index (κ1) is 22.4. The number of carbonyl (C=O) groups is 3. The Morgan fingerprint density at radius 3 is 2.58 bits per heavy atom. The molecule has 2 amide bonds. The van der Waals surface area contributed by atoms with Gasteiger partial charge in [0.25, 0.3) is 11.1 Å². The Kier molecular flexibility index (Phi) is 7.31. The maximum Gasteiger partial charge on any atom is 0.293 e. The van der Waals surface area contributed by atoms with Crippen molar-refractivity contribution < 1.29 is 23.9 Å². The maximum absolute atomic E-state index is 12.8. The quantitative estimate of drug-likeness (QED) is 0.320. The summed E-state index contributed by atoms with van der Waals surface area (Å²) in [7, 11) is 1.57. The van der Waals surface area contributed by atoms with E-state index in [9.17, 15) is 14.4 Å². The second-order valence-electron chi connectivity index (χ2n) is 6.69. The number of hydrogen-bond acceptors (Lipinski definition) is 6. The Morgan fingerprint density at radius 2 is 1.94 bits per heavy atom. The van der Waals surface area contributed by atoms with Crippen LogP contribution in [0.1, 0.15) is 28.4 Å². The highest BCUT2D eigenvalue weighted by atomic mass is 32.2. The average molecular weight is 438 g/mol. The number of methoxy groups -OCH3 is 1. The molecule has 0 radical (unpaired) electrons. The highest BCUT2D eigenvalue weighted by Gasteiger charge is 2.36. The smallest absolute Gasteiger partial charge is 0.293 e. The van der Waals surface area contributed by atoms with Crippen molar-refractivity contribution in [2.75, 3.05) is 20.3 Å². The van der Waals surface area contributed by atoms with Crippen LogP contribution in [0.2, 0.25) is 0 Å². The fourth-order valence-corrected chi connectivity index (χ4v) is 4.05. The van der Waals surface area contributed by atoms with Crippen molar-refractivity contribution in [2.24, 2.45) is 0 Å². The van der Waals surface area contributed by atoms with Crippen LogP contribution in [0, 0.1) is 0 Å². The molecule has 160 valence electrons. The predicted molar refractivity (Wildman–Crippen MR) is 122 cm³/mol. The molecule has 6 nitrogen and oxygen atoms in total. The van der Waals surface area contributed by atoms with E-state index in [0.717, 1.165) is 22.2 Å². The molecule has 1 heterocycles. The monoisotopic (exact) mass is 437 g/mol. The first-order valence-electron chi connectivity index (χ1n) is 9.76. The number of thioether (sulfide) groups is 1.